The number of carbonyl (C=O) groups is 1. The van der Waals surface area contributed by atoms with Gasteiger partial charge in [0.2, 0.25) is 5.43 Å². The summed E-state index contributed by atoms with van der Waals surface area (Å²) in [6.07, 6.45) is 0. The molecule has 27 heavy (non-hydrogen) atoms. The number of aromatic carboxylic acids is 1. The van der Waals surface area contributed by atoms with Crippen molar-refractivity contribution in [1.82, 2.24) is 9.47 Å². The van der Waals surface area contributed by atoms with Gasteiger partial charge in [-0.3, -0.25) is 4.79 Å². The third-order valence-electron chi connectivity index (χ3n) is 5.01. The molecule has 0 amide bonds. The molecule has 0 aliphatic carbocycles. The number of hydrogen-bond donors (Lipinski definition) is 1. The van der Waals surface area contributed by atoms with Gasteiger partial charge in [0.25, 0.3) is 0 Å². The van der Waals surface area contributed by atoms with Crippen LogP contribution in [0.25, 0.3) is 10.9 Å². The number of anilines is 1. The van der Waals surface area contributed by atoms with Gasteiger partial charge in [-0.2, -0.15) is 0 Å². The minimum Gasteiger partial charge on any atom is -0.477 e. The Hall–Kier alpha value is -2.20. The van der Waals surface area contributed by atoms with Crippen molar-refractivity contribution in [3.63, 3.8) is 0 Å². The molecule has 144 valence electrons. The Balaban J connectivity index is 2.00. The number of pyridine rings is 1. The maximum atomic E-state index is 15.4. The molecule has 0 bridgehead atoms. The Morgan fingerprint density at radius 3 is 2.56 bits per heavy atom. The number of carboxylic acid groups (broad SMARTS) is 1. The standard InChI is InChI=1S/C17H16F3N3O3S/c1-21-2-4-22(5-3-21)14-9(19)6-8-13(12(14)20)23-10(7-18)27-16(23)11(15(8)24)17(25)26/h6,10H,2-5,7H2,1H3,(H,25,26). The molecule has 0 radical (unpaired) electrons. The number of carboxylic acids is 1. The normalized spacial score (nSPS) is 19.9. The van der Waals surface area contributed by atoms with Crippen molar-refractivity contribution in [2.75, 3.05) is 44.8 Å². The monoisotopic (exact) mass is 399 g/mol. The maximum absolute atomic E-state index is 15.4. The number of likely N-dealkylation sites (N-methyl/N-ethyl adjacent to an activating group) is 1. The number of halogens is 3. The fourth-order valence-electron chi connectivity index (χ4n) is 3.59. The first-order valence-corrected chi connectivity index (χ1v) is 9.22. The van der Waals surface area contributed by atoms with E-state index in [0.29, 0.717) is 26.2 Å². The lowest BCUT2D eigenvalue weighted by atomic mass is 10.1. The van der Waals surface area contributed by atoms with Crippen molar-refractivity contribution in [3.8, 4) is 0 Å². The first-order valence-electron chi connectivity index (χ1n) is 8.34. The summed E-state index contributed by atoms with van der Waals surface area (Å²) in [7, 11) is 1.91. The number of nitrogens with zero attached hydrogens (tertiary/aromatic N) is 3. The lowest BCUT2D eigenvalue weighted by Gasteiger charge is -2.36. The highest BCUT2D eigenvalue weighted by Crippen LogP contribution is 2.48. The average Bonchev–Trinajstić information content (AvgIpc) is 2.60. The van der Waals surface area contributed by atoms with Gasteiger partial charge in [0.05, 0.1) is 15.9 Å². The summed E-state index contributed by atoms with van der Waals surface area (Å²) >= 11 is 0.864. The third kappa shape index (κ3) is 2.61. The Bertz CT molecular complexity index is 1020. The van der Waals surface area contributed by atoms with Gasteiger partial charge in [-0.15, -0.1) is 0 Å². The molecule has 4 rings (SSSR count). The highest BCUT2D eigenvalue weighted by Gasteiger charge is 2.37. The van der Waals surface area contributed by atoms with Crippen molar-refractivity contribution in [2.45, 2.75) is 10.4 Å². The van der Waals surface area contributed by atoms with Gasteiger partial charge in [-0.25, -0.2) is 18.0 Å². The second-order valence-corrected chi connectivity index (χ2v) is 7.79. The van der Waals surface area contributed by atoms with Gasteiger partial charge < -0.3 is 19.5 Å². The molecule has 1 atom stereocenters. The third-order valence-corrected chi connectivity index (χ3v) is 6.25. The molecule has 3 heterocycles. The van der Waals surface area contributed by atoms with Crippen LogP contribution in [-0.4, -0.2) is 60.4 Å². The second-order valence-electron chi connectivity index (χ2n) is 6.62. The van der Waals surface area contributed by atoms with Gasteiger partial charge >= 0.3 is 5.97 Å². The topological polar surface area (TPSA) is 65.8 Å². The fourth-order valence-corrected chi connectivity index (χ4v) is 4.70. The van der Waals surface area contributed by atoms with Gasteiger partial charge in [0.15, 0.2) is 5.82 Å². The van der Waals surface area contributed by atoms with Gasteiger partial charge in [0, 0.05) is 26.2 Å². The van der Waals surface area contributed by atoms with Crippen molar-refractivity contribution < 1.29 is 23.1 Å². The van der Waals surface area contributed by atoms with E-state index < -0.39 is 40.6 Å². The number of hydrogen-bond acceptors (Lipinski definition) is 5. The van der Waals surface area contributed by atoms with Gasteiger partial charge in [-0.1, -0.05) is 11.8 Å². The molecule has 2 aliphatic rings. The molecule has 0 spiro atoms. The van der Waals surface area contributed by atoms with E-state index in [2.05, 4.69) is 0 Å². The Labute approximate surface area is 156 Å². The summed E-state index contributed by atoms with van der Waals surface area (Å²) in [6.45, 7) is 1.18. The summed E-state index contributed by atoms with van der Waals surface area (Å²) in [5.74, 6) is -3.38. The van der Waals surface area contributed by atoms with Crippen LogP contribution in [0.3, 0.4) is 0 Å². The molecular weight excluding hydrogens is 383 g/mol. The predicted molar refractivity (Wildman–Crippen MR) is 95.7 cm³/mol. The number of fused-ring (bicyclic) bond motifs is 3. The number of benzene rings is 1. The van der Waals surface area contributed by atoms with Crippen molar-refractivity contribution in [3.05, 3.63) is 33.5 Å². The molecule has 2 aromatic rings. The number of thioether (sulfide) groups is 1. The number of alkyl halides is 1. The molecule has 1 N–H and O–H groups in total. The van der Waals surface area contributed by atoms with Gasteiger partial charge in [-0.05, 0) is 13.1 Å². The highest BCUT2D eigenvalue weighted by molar-refractivity contribution is 8.00. The number of aromatic nitrogens is 1. The van der Waals surface area contributed by atoms with E-state index in [4.69, 9.17) is 0 Å². The van der Waals surface area contributed by atoms with Crippen LogP contribution in [-0.2, 0) is 0 Å². The average molecular weight is 399 g/mol. The lowest BCUT2D eigenvalue weighted by molar-refractivity contribution is 0.0689. The molecule has 2 aliphatic heterocycles. The van der Waals surface area contributed by atoms with E-state index in [-0.39, 0.29) is 21.6 Å². The van der Waals surface area contributed by atoms with Crippen LogP contribution in [0.5, 0.6) is 0 Å². The van der Waals surface area contributed by atoms with E-state index in [0.717, 1.165) is 17.8 Å². The molecule has 1 saturated heterocycles. The Morgan fingerprint density at radius 2 is 1.96 bits per heavy atom. The lowest BCUT2D eigenvalue weighted by Crippen LogP contribution is -2.45. The van der Waals surface area contributed by atoms with Crippen LogP contribution >= 0.6 is 11.8 Å². The molecule has 1 aromatic heterocycles. The summed E-state index contributed by atoms with van der Waals surface area (Å²) in [5, 5.41) is 8.09. The first-order chi connectivity index (χ1) is 12.8. The molecule has 10 heteroatoms. The largest absolute Gasteiger partial charge is 0.477 e. The summed E-state index contributed by atoms with van der Waals surface area (Å²) < 4.78 is 44.6. The van der Waals surface area contributed by atoms with Crippen molar-refractivity contribution in [1.29, 1.82) is 0 Å². The maximum Gasteiger partial charge on any atom is 0.342 e. The molecule has 6 nitrogen and oxygen atoms in total. The fraction of sp³-hybridized carbons (Fsp3) is 0.412. The van der Waals surface area contributed by atoms with E-state index in [1.807, 2.05) is 11.9 Å². The second kappa shape index (κ2) is 6.45. The van der Waals surface area contributed by atoms with E-state index in [1.54, 1.807) is 4.90 Å². The quantitative estimate of drug-likeness (QED) is 0.855. The zero-order chi connectivity index (χ0) is 19.5. The van der Waals surface area contributed by atoms with Crippen LogP contribution in [0, 0.1) is 11.6 Å². The number of piperazine rings is 1. The van der Waals surface area contributed by atoms with E-state index in [9.17, 15) is 23.5 Å². The highest BCUT2D eigenvalue weighted by atomic mass is 32.2. The minimum atomic E-state index is -1.50. The van der Waals surface area contributed by atoms with E-state index >= 15 is 4.39 Å². The molecule has 1 aromatic carbocycles. The number of rotatable bonds is 3. The van der Waals surface area contributed by atoms with Crippen LogP contribution < -0.4 is 10.3 Å². The zero-order valence-corrected chi connectivity index (χ0v) is 15.2. The molecular formula is C17H16F3N3O3S. The molecule has 1 fully saturated rings. The summed E-state index contributed by atoms with van der Waals surface area (Å²) in [5.41, 5.74) is -2.04. The molecule has 1 unspecified atom stereocenters. The minimum absolute atomic E-state index is 0.00233. The summed E-state index contributed by atoms with van der Waals surface area (Å²) in [6, 6.07) is 0.867. The zero-order valence-electron chi connectivity index (χ0n) is 14.3. The van der Waals surface area contributed by atoms with Crippen molar-refractivity contribution >= 4 is 34.3 Å². The van der Waals surface area contributed by atoms with Crippen molar-refractivity contribution in [2.24, 2.45) is 0 Å². The van der Waals surface area contributed by atoms with Gasteiger partial charge in [0.1, 0.15) is 29.1 Å². The smallest absolute Gasteiger partial charge is 0.342 e. The van der Waals surface area contributed by atoms with Crippen LogP contribution in [0.1, 0.15) is 15.7 Å². The first kappa shape index (κ1) is 18.2. The predicted octanol–water partition coefficient (Wildman–Crippen LogP) is 2.30. The van der Waals surface area contributed by atoms with E-state index in [1.165, 1.54) is 4.57 Å². The van der Waals surface area contributed by atoms with Crippen LogP contribution in [0.4, 0.5) is 18.9 Å². The Morgan fingerprint density at radius 1 is 1.30 bits per heavy atom. The Kier molecular flexibility index (Phi) is 4.34. The molecule has 0 saturated carbocycles. The van der Waals surface area contributed by atoms with Crippen LogP contribution in [0.2, 0.25) is 0 Å². The summed E-state index contributed by atoms with van der Waals surface area (Å²) in [4.78, 5) is 27.6. The van der Waals surface area contributed by atoms with Crippen LogP contribution in [0.15, 0.2) is 15.9 Å². The SMILES string of the molecule is CN1CCN(c2c(F)cc3c(=O)c(C(=O)O)c4n(c3c2F)C(CF)S4)CC1.